The molecule has 2 fully saturated rings. The molecule has 1 aromatic carbocycles. The number of hydrogen-bond donors (Lipinski definition) is 1. The van der Waals surface area contributed by atoms with Crippen molar-refractivity contribution in [2.45, 2.75) is 43.0 Å². The fourth-order valence-electron chi connectivity index (χ4n) is 3.75. The van der Waals surface area contributed by atoms with Crippen LogP contribution in [0.2, 0.25) is 0 Å². The van der Waals surface area contributed by atoms with Crippen LogP contribution >= 0.6 is 11.8 Å². The second-order valence-corrected chi connectivity index (χ2v) is 7.30. The summed E-state index contributed by atoms with van der Waals surface area (Å²) in [5, 5.41) is 3.41. The highest BCUT2D eigenvalue weighted by Gasteiger charge is 2.31. The Morgan fingerprint density at radius 2 is 2.05 bits per heavy atom. The first-order valence-corrected chi connectivity index (χ1v) is 9.66. The van der Waals surface area contributed by atoms with Crippen molar-refractivity contribution >= 4 is 17.7 Å². The van der Waals surface area contributed by atoms with Crippen LogP contribution in [0.3, 0.4) is 0 Å². The second kappa shape index (κ2) is 7.51. The first-order chi connectivity index (χ1) is 10.8. The Balaban J connectivity index is 1.81. The minimum absolute atomic E-state index is 0.227. The number of benzene rings is 1. The summed E-state index contributed by atoms with van der Waals surface area (Å²) in [6.07, 6.45) is 8.36. The summed E-state index contributed by atoms with van der Waals surface area (Å²) in [7, 11) is 0. The van der Waals surface area contributed by atoms with Crippen LogP contribution in [0.5, 0.6) is 0 Å². The van der Waals surface area contributed by atoms with Gasteiger partial charge in [0.2, 0.25) is 0 Å². The lowest BCUT2D eigenvalue weighted by molar-refractivity contribution is 0.0654. The number of carbonyl (C=O) groups is 1. The molecule has 1 unspecified atom stereocenters. The lowest BCUT2D eigenvalue weighted by Crippen LogP contribution is -2.44. The molecular formula is C18H26N2OS. The van der Waals surface area contributed by atoms with Crippen LogP contribution in [-0.2, 0) is 0 Å². The number of nitrogens with zero attached hydrogens (tertiary/aromatic N) is 1. The van der Waals surface area contributed by atoms with Crippen molar-refractivity contribution in [2.24, 2.45) is 5.92 Å². The van der Waals surface area contributed by atoms with Crippen molar-refractivity contribution in [2.75, 3.05) is 25.9 Å². The van der Waals surface area contributed by atoms with Crippen LogP contribution < -0.4 is 5.32 Å². The fraction of sp³-hybridized carbons (Fsp3) is 0.611. The van der Waals surface area contributed by atoms with Gasteiger partial charge >= 0.3 is 0 Å². The van der Waals surface area contributed by atoms with E-state index in [4.69, 9.17) is 0 Å². The maximum Gasteiger partial charge on any atom is 0.255 e. The van der Waals surface area contributed by atoms with Gasteiger partial charge in [-0.3, -0.25) is 4.79 Å². The van der Waals surface area contributed by atoms with Gasteiger partial charge in [-0.25, -0.2) is 0 Å². The lowest BCUT2D eigenvalue weighted by Gasteiger charge is -2.31. The van der Waals surface area contributed by atoms with E-state index >= 15 is 0 Å². The van der Waals surface area contributed by atoms with E-state index < -0.39 is 0 Å². The van der Waals surface area contributed by atoms with Gasteiger partial charge in [0.25, 0.3) is 5.91 Å². The molecule has 3 nitrogen and oxygen atoms in total. The van der Waals surface area contributed by atoms with Gasteiger partial charge in [0.15, 0.2) is 0 Å². The molecule has 1 saturated heterocycles. The molecule has 1 amide bonds. The number of thioether (sulfide) groups is 1. The van der Waals surface area contributed by atoms with E-state index in [-0.39, 0.29) is 5.91 Å². The maximum absolute atomic E-state index is 13.2. The van der Waals surface area contributed by atoms with E-state index in [2.05, 4.69) is 16.3 Å². The van der Waals surface area contributed by atoms with Gasteiger partial charge in [0.05, 0.1) is 5.56 Å². The molecule has 1 aliphatic heterocycles. The molecule has 2 aliphatic rings. The largest absolute Gasteiger partial charge is 0.334 e. The van der Waals surface area contributed by atoms with Gasteiger partial charge in [0, 0.05) is 24.0 Å². The molecule has 22 heavy (non-hydrogen) atoms. The Morgan fingerprint density at radius 3 is 2.73 bits per heavy atom. The summed E-state index contributed by atoms with van der Waals surface area (Å²) < 4.78 is 0. The van der Waals surface area contributed by atoms with Crippen LogP contribution in [0.25, 0.3) is 0 Å². The lowest BCUT2D eigenvalue weighted by atomic mass is 10.0. The number of nitrogens with one attached hydrogen (secondary N) is 1. The molecule has 1 aliphatic carbocycles. The molecule has 1 N–H and O–H groups in total. The predicted molar refractivity (Wildman–Crippen MR) is 92.5 cm³/mol. The van der Waals surface area contributed by atoms with Crippen molar-refractivity contribution in [3.8, 4) is 0 Å². The van der Waals surface area contributed by atoms with Crippen LogP contribution in [0.4, 0.5) is 0 Å². The number of carbonyl (C=O) groups excluding carboxylic acids is 1. The molecule has 120 valence electrons. The van der Waals surface area contributed by atoms with Crippen LogP contribution in [0.1, 0.15) is 42.5 Å². The third-order valence-corrected chi connectivity index (χ3v) is 5.80. The number of rotatable bonds is 5. The molecule has 1 atom stereocenters. The van der Waals surface area contributed by atoms with Crippen LogP contribution in [0, 0.1) is 5.92 Å². The SMILES string of the molecule is CSc1ccccc1C(=O)N(CC1CCCC1)C1CCNC1. The van der Waals surface area contributed by atoms with Gasteiger partial charge in [-0.1, -0.05) is 25.0 Å². The fourth-order valence-corrected chi connectivity index (χ4v) is 4.34. The predicted octanol–water partition coefficient (Wildman–Crippen LogP) is 3.40. The normalized spacial score (nSPS) is 22.1. The van der Waals surface area contributed by atoms with Crippen LogP contribution in [-0.4, -0.2) is 42.7 Å². The first kappa shape index (κ1) is 15.9. The molecule has 0 bridgehead atoms. The molecule has 0 radical (unpaired) electrons. The van der Waals surface area contributed by atoms with Crippen molar-refractivity contribution in [3.05, 3.63) is 29.8 Å². The van der Waals surface area contributed by atoms with Crippen molar-refractivity contribution in [3.63, 3.8) is 0 Å². The molecule has 0 aromatic heterocycles. The van der Waals surface area contributed by atoms with E-state index in [0.29, 0.717) is 12.0 Å². The first-order valence-electron chi connectivity index (χ1n) is 8.44. The summed E-state index contributed by atoms with van der Waals surface area (Å²) in [5.74, 6) is 0.927. The molecular weight excluding hydrogens is 292 g/mol. The smallest absolute Gasteiger partial charge is 0.255 e. The maximum atomic E-state index is 13.2. The Morgan fingerprint density at radius 1 is 1.27 bits per heavy atom. The van der Waals surface area contributed by atoms with E-state index in [0.717, 1.165) is 36.5 Å². The standard InChI is InChI=1S/C18H26N2OS/c1-22-17-9-5-4-8-16(17)18(21)20(15-10-11-19-12-15)13-14-6-2-3-7-14/h4-5,8-9,14-15,19H,2-3,6-7,10-13H2,1H3. The molecule has 1 aromatic rings. The van der Waals surface area contributed by atoms with Crippen LogP contribution in [0.15, 0.2) is 29.2 Å². The van der Waals surface area contributed by atoms with E-state index in [1.165, 1.54) is 25.7 Å². The summed E-state index contributed by atoms with van der Waals surface area (Å²) in [6.45, 7) is 2.91. The Bertz CT molecular complexity index is 508. The monoisotopic (exact) mass is 318 g/mol. The average Bonchev–Trinajstić information content (AvgIpc) is 3.25. The zero-order valence-corrected chi connectivity index (χ0v) is 14.2. The Hall–Kier alpha value is -1.00. The summed E-state index contributed by atoms with van der Waals surface area (Å²) >= 11 is 1.66. The third kappa shape index (κ3) is 3.49. The van der Waals surface area contributed by atoms with Gasteiger partial charge in [-0.05, 0) is 50.1 Å². The van der Waals surface area contributed by atoms with E-state index in [9.17, 15) is 4.79 Å². The summed E-state index contributed by atoms with van der Waals surface area (Å²) in [4.78, 5) is 16.4. The highest BCUT2D eigenvalue weighted by atomic mass is 32.2. The molecule has 1 saturated carbocycles. The van der Waals surface area contributed by atoms with Gasteiger partial charge in [-0.2, -0.15) is 0 Å². The van der Waals surface area contributed by atoms with Gasteiger partial charge in [0.1, 0.15) is 0 Å². The van der Waals surface area contributed by atoms with E-state index in [1.54, 1.807) is 11.8 Å². The minimum atomic E-state index is 0.227. The molecule has 4 heteroatoms. The van der Waals surface area contributed by atoms with Gasteiger partial charge in [-0.15, -0.1) is 11.8 Å². The third-order valence-electron chi connectivity index (χ3n) is 5.00. The highest BCUT2D eigenvalue weighted by molar-refractivity contribution is 7.98. The zero-order valence-electron chi connectivity index (χ0n) is 13.4. The molecule has 0 spiro atoms. The molecule has 1 heterocycles. The molecule has 3 rings (SSSR count). The zero-order chi connectivity index (χ0) is 15.4. The summed E-state index contributed by atoms with van der Waals surface area (Å²) in [5.41, 5.74) is 0.875. The average molecular weight is 318 g/mol. The Labute approximate surface area is 137 Å². The quantitative estimate of drug-likeness (QED) is 0.845. The number of amides is 1. The van der Waals surface area contributed by atoms with Crippen molar-refractivity contribution in [1.29, 1.82) is 0 Å². The van der Waals surface area contributed by atoms with Crippen molar-refractivity contribution in [1.82, 2.24) is 10.2 Å². The Kier molecular flexibility index (Phi) is 5.42. The highest BCUT2D eigenvalue weighted by Crippen LogP contribution is 2.29. The second-order valence-electron chi connectivity index (χ2n) is 6.45. The van der Waals surface area contributed by atoms with Gasteiger partial charge < -0.3 is 10.2 Å². The topological polar surface area (TPSA) is 32.3 Å². The minimum Gasteiger partial charge on any atom is -0.334 e. The van der Waals surface area contributed by atoms with E-state index in [1.807, 2.05) is 24.5 Å². The van der Waals surface area contributed by atoms with Crippen molar-refractivity contribution < 1.29 is 4.79 Å². The number of hydrogen-bond acceptors (Lipinski definition) is 3. The summed E-state index contributed by atoms with van der Waals surface area (Å²) in [6, 6.07) is 8.40.